The monoisotopic (exact) mass is 249 g/mol. The molecule has 0 heterocycles. The van der Waals surface area contributed by atoms with Crippen molar-refractivity contribution in [3.05, 3.63) is 29.8 Å². The summed E-state index contributed by atoms with van der Waals surface area (Å²) in [4.78, 5) is 0. The molecule has 0 spiro atoms. The molecule has 18 heavy (non-hydrogen) atoms. The third kappa shape index (κ3) is 2.38. The number of ether oxygens (including phenoxy) is 1. The Morgan fingerprint density at radius 1 is 1.44 bits per heavy atom. The van der Waals surface area contributed by atoms with Crippen LogP contribution in [0.2, 0.25) is 0 Å². The van der Waals surface area contributed by atoms with E-state index >= 15 is 0 Å². The Labute approximate surface area is 109 Å². The summed E-state index contributed by atoms with van der Waals surface area (Å²) in [5.41, 5.74) is 1.18. The van der Waals surface area contributed by atoms with E-state index in [2.05, 4.69) is 38.2 Å². The molecule has 0 bridgehead atoms. The van der Waals surface area contributed by atoms with Gasteiger partial charge in [0.05, 0.1) is 13.2 Å². The van der Waals surface area contributed by atoms with Crippen molar-refractivity contribution >= 4 is 0 Å². The first-order chi connectivity index (χ1) is 8.45. The lowest BCUT2D eigenvalue weighted by Gasteiger charge is -2.50. The minimum absolute atomic E-state index is 0.0346. The largest absolute Gasteiger partial charge is 0.497 e. The van der Waals surface area contributed by atoms with Crippen molar-refractivity contribution in [3.8, 4) is 5.75 Å². The number of methoxy groups -OCH3 is 1. The lowest BCUT2D eigenvalue weighted by Crippen LogP contribution is -2.60. The maximum Gasteiger partial charge on any atom is 0.119 e. The highest BCUT2D eigenvalue weighted by atomic mass is 16.5. The van der Waals surface area contributed by atoms with Crippen molar-refractivity contribution in [1.82, 2.24) is 5.32 Å². The second kappa shape index (κ2) is 4.90. The first-order valence-electron chi connectivity index (χ1n) is 6.53. The van der Waals surface area contributed by atoms with E-state index in [1.807, 2.05) is 12.1 Å². The highest BCUT2D eigenvalue weighted by Gasteiger charge is 2.47. The Bertz CT molecular complexity index is 417. The summed E-state index contributed by atoms with van der Waals surface area (Å²) in [6.07, 6.45) is 0.647. The number of hydrogen-bond acceptors (Lipinski definition) is 3. The van der Waals surface area contributed by atoms with Crippen molar-refractivity contribution in [3.63, 3.8) is 0 Å². The minimum atomic E-state index is -0.187. The van der Waals surface area contributed by atoms with E-state index in [9.17, 15) is 5.11 Å². The molecule has 0 radical (unpaired) electrons. The molecule has 100 valence electrons. The average Bonchev–Trinajstić information content (AvgIpc) is 2.38. The molecule has 1 aromatic carbocycles. The molecule has 0 aromatic heterocycles. The van der Waals surface area contributed by atoms with Crippen LogP contribution in [0.15, 0.2) is 24.3 Å². The SMILES string of the molecule is COc1cccc([C@@H](C)NC2CC(O)C2(C)C)c1. The zero-order valence-corrected chi connectivity index (χ0v) is 11.6. The van der Waals surface area contributed by atoms with Crippen LogP contribution in [0.4, 0.5) is 0 Å². The van der Waals surface area contributed by atoms with Crippen LogP contribution < -0.4 is 10.1 Å². The highest BCUT2D eigenvalue weighted by molar-refractivity contribution is 5.30. The average molecular weight is 249 g/mol. The van der Waals surface area contributed by atoms with Crippen LogP contribution in [-0.2, 0) is 0 Å². The third-order valence-corrected chi connectivity index (χ3v) is 4.26. The fraction of sp³-hybridized carbons (Fsp3) is 0.600. The molecule has 1 aromatic rings. The molecule has 1 fully saturated rings. The Morgan fingerprint density at radius 3 is 2.72 bits per heavy atom. The molecule has 1 aliphatic carbocycles. The van der Waals surface area contributed by atoms with Crippen LogP contribution in [-0.4, -0.2) is 24.4 Å². The van der Waals surface area contributed by atoms with Gasteiger partial charge in [0.2, 0.25) is 0 Å². The maximum atomic E-state index is 9.75. The first-order valence-corrected chi connectivity index (χ1v) is 6.53. The number of benzene rings is 1. The highest BCUT2D eigenvalue weighted by Crippen LogP contribution is 2.41. The van der Waals surface area contributed by atoms with Crippen molar-refractivity contribution < 1.29 is 9.84 Å². The zero-order valence-electron chi connectivity index (χ0n) is 11.6. The number of aliphatic hydroxyl groups is 1. The molecule has 2 N–H and O–H groups in total. The van der Waals surface area contributed by atoms with Crippen LogP contribution in [0.5, 0.6) is 5.75 Å². The summed E-state index contributed by atoms with van der Waals surface area (Å²) in [6.45, 7) is 6.36. The fourth-order valence-corrected chi connectivity index (χ4v) is 2.49. The van der Waals surface area contributed by atoms with Crippen molar-refractivity contribution in [2.75, 3.05) is 7.11 Å². The van der Waals surface area contributed by atoms with Gasteiger partial charge in [0, 0.05) is 17.5 Å². The molecule has 3 heteroatoms. The van der Waals surface area contributed by atoms with Crippen LogP contribution in [0.1, 0.15) is 38.8 Å². The van der Waals surface area contributed by atoms with Crippen LogP contribution >= 0.6 is 0 Å². The zero-order chi connectivity index (χ0) is 13.3. The lowest BCUT2D eigenvalue weighted by atomic mass is 9.64. The molecule has 3 nitrogen and oxygen atoms in total. The molecule has 3 atom stereocenters. The Morgan fingerprint density at radius 2 is 2.17 bits per heavy atom. The van der Waals surface area contributed by atoms with Crippen molar-refractivity contribution in [2.45, 2.75) is 45.4 Å². The van der Waals surface area contributed by atoms with Gasteiger partial charge in [-0.1, -0.05) is 26.0 Å². The first kappa shape index (κ1) is 13.4. The topological polar surface area (TPSA) is 41.5 Å². The fourth-order valence-electron chi connectivity index (χ4n) is 2.49. The van der Waals surface area contributed by atoms with E-state index in [0.717, 1.165) is 12.2 Å². The molecule has 0 aliphatic heterocycles. The predicted octanol–water partition coefficient (Wildman–Crippen LogP) is 2.51. The molecule has 1 aliphatic rings. The standard InChI is InChI=1S/C15H23NO2/c1-10(11-6-5-7-12(8-11)18-4)16-13-9-14(17)15(13,2)3/h5-8,10,13-14,16-17H,9H2,1-4H3/t10-,13?,14?/m1/s1. The summed E-state index contributed by atoms with van der Waals surface area (Å²) in [6, 6.07) is 8.74. The molecule has 2 rings (SSSR count). The van der Waals surface area contributed by atoms with Gasteiger partial charge >= 0.3 is 0 Å². The normalized spacial score (nSPS) is 27.4. The van der Waals surface area contributed by atoms with E-state index in [1.54, 1.807) is 7.11 Å². The number of hydrogen-bond donors (Lipinski definition) is 2. The van der Waals surface area contributed by atoms with Crippen LogP contribution in [0.25, 0.3) is 0 Å². The van der Waals surface area contributed by atoms with Gasteiger partial charge < -0.3 is 15.2 Å². The summed E-state index contributed by atoms with van der Waals surface area (Å²) < 4.78 is 5.24. The van der Waals surface area contributed by atoms with E-state index in [-0.39, 0.29) is 17.6 Å². The smallest absolute Gasteiger partial charge is 0.119 e. The predicted molar refractivity (Wildman–Crippen MR) is 72.7 cm³/mol. The van der Waals surface area contributed by atoms with Gasteiger partial charge in [0.15, 0.2) is 0 Å². The van der Waals surface area contributed by atoms with Gasteiger partial charge in [0.25, 0.3) is 0 Å². The quantitative estimate of drug-likeness (QED) is 0.861. The van der Waals surface area contributed by atoms with Gasteiger partial charge in [-0.3, -0.25) is 0 Å². The van der Waals surface area contributed by atoms with E-state index in [0.29, 0.717) is 6.04 Å². The Kier molecular flexibility index (Phi) is 3.64. The van der Waals surface area contributed by atoms with Gasteiger partial charge in [-0.25, -0.2) is 0 Å². The van der Waals surface area contributed by atoms with E-state index < -0.39 is 0 Å². The summed E-state index contributed by atoms with van der Waals surface area (Å²) in [5.74, 6) is 0.883. The number of aliphatic hydroxyl groups excluding tert-OH is 1. The minimum Gasteiger partial charge on any atom is -0.497 e. The second-order valence-corrected chi connectivity index (χ2v) is 5.79. The summed E-state index contributed by atoms with van der Waals surface area (Å²) in [5, 5.41) is 13.3. The molecular weight excluding hydrogens is 226 g/mol. The Hall–Kier alpha value is -1.06. The molecule has 0 amide bonds. The van der Waals surface area contributed by atoms with Crippen molar-refractivity contribution in [1.29, 1.82) is 0 Å². The van der Waals surface area contributed by atoms with Crippen molar-refractivity contribution in [2.24, 2.45) is 5.41 Å². The van der Waals surface area contributed by atoms with Crippen LogP contribution in [0, 0.1) is 5.41 Å². The molecular formula is C15H23NO2. The lowest BCUT2D eigenvalue weighted by molar-refractivity contribution is -0.0754. The van der Waals surface area contributed by atoms with Gasteiger partial charge in [-0.2, -0.15) is 0 Å². The summed E-state index contributed by atoms with van der Waals surface area (Å²) in [7, 11) is 1.68. The number of rotatable bonds is 4. The number of nitrogens with one attached hydrogen (secondary N) is 1. The summed E-state index contributed by atoms with van der Waals surface area (Å²) >= 11 is 0. The molecule has 0 saturated heterocycles. The van der Waals surface area contributed by atoms with Gasteiger partial charge in [-0.15, -0.1) is 0 Å². The van der Waals surface area contributed by atoms with Gasteiger partial charge in [-0.05, 0) is 31.0 Å². The Balaban J connectivity index is 2.02. The third-order valence-electron chi connectivity index (χ3n) is 4.26. The van der Waals surface area contributed by atoms with Crippen LogP contribution in [0.3, 0.4) is 0 Å². The van der Waals surface area contributed by atoms with E-state index in [4.69, 9.17) is 4.74 Å². The maximum absolute atomic E-state index is 9.75. The van der Waals surface area contributed by atoms with Gasteiger partial charge in [0.1, 0.15) is 5.75 Å². The van der Waals surface area contributed by atoms with E-state index in [1.165, 1.54) is 5.56 Å². The molecule has 1 saturated carbocycles. The molecule has 2 unspecified atom stereocenters. The second-order valence-electron chi connectivity index (χ2n) is 5.79.